The molecule has 1 aromatic heterocycles. The molecule has 1 amide bonds. The normalized spacial score (nSPS) is 23.8. The Morgan fingerprint density at radius 1 is 1.21 bits per heavy atom. The van der Waals surface area contributed by atoms with Gasteiger partial charge in [-0.1, -0.05) is 24.5 Å². The second-order valence-electron chi connectivity index (χ2n) is 6.96. The molecule has 1 aromatic rings. The lowest BCUT2D eigenvalue weighted by Crippen LogP contribution is -2.42. The lowest BCUT2D eigenvalue weighted by Gasteiger charge is -2.34. The molecule has 0 aliphatic heterocycles. The number of aromatic nitrogens is 4. The number of nitrogens with zero attached hydrogens (tertiary/aromatic N) is 3. The maximum Gasteiger partial charge on any atom is 0.269 e. The number of H-pyrrole nitrogens is 1. The van der Waals surface area contributed by atoms with Crippen LogP contribution in [0.3, 0.4) is 0 Å². The minimum absolute atomic E-state index is 0.0218. The van der Waals surface area contributed by atoms with E-state index in [1.54, 1.807) is 0 Å². The highest BCUT2D eigenvalue weighted by atomic mass is 19.3. The van der Waals surface area contributed by atoms with Gasteiger partial charge in [-0.3, -0.25) is 4.79 Å². The maximum absolute atomic E-state index is 12.6. The molecule has 2 saturated carbocycles. The van der Waals surface area contributed by atoms with Crippen molar-refractivity contribution in [1.82, 2.24) is 25.9 Å². The summed E-state index contributed by atoms with van der Waals surface area (Å²) >= 11 is 0. The third kappa shape index (κ3) is 3.79. The number of carbonyl (C=O) groups is 1. The molecule has 0 radical (unpaired) electrons. The van der Waals surface area contributed by atoms with E-state index in [-0.39, 0.29) is 22.9 Å². The van der Waals surface area contributed by atoms with Crippen LogP contribution in [0.2, 0.25) is 0 Å². The van der Waals surface area contributed by atoms with E-state index in [0.29, 0.717) is 37.9 Å². The average Bonchev–Trinajstić information content (AvgIpc) is 3.11. The van der Waals surface area contributed by atoms with Crippen molar-refractivity contribution in [3.63, 3.8) is 0 Å². The number of halogens is 2. The van der Waals surface area contributed by atoms with Crippen molar-refractivity contribution in [2.24, 2.45) is 0 Å². The van der Waals surface area contributed by atoms with Gasteiger partial charge >= 0.3 is 0 Å². The van der Waals surface area contributed by atoms with Gasteiger partial charge in [0.1, 0.15) is 0 Å². The van der Waals surface area contributed by atoms with Gasteiger partial charge in [0.05, 0.1) is 0 Å². The highest BCUT2D eigenvalue weighted by molar-refractivity contribution is 5.77. The van der Waals surface area contributed by atoms with Gasteiger partial charge in [-0.2, -0.15) is 14.0 Å². The molecule has 0 bridgehead atoms. The van der Waals surface area contributed by atoms with Crippen molar-refractivity contribution in [3.05, 3.63) is 17.5 Å². The van der Waals surface area contributed by atoms with Crippen LogP contribution in [-0.4, -0.2) is 32.6 Å². The molecular formula is C16H23F2N5O. The van der Waals surface area contributed by atoms with Crippen LogP contribution < -0.4 is 5.32 Å². The molecule has 1 heterocycles. The van der Waals surface area contributed by atoms with Gasteiger partial charge in [-0.05, 0) is 44.1 Å². The summed E-state index contributed by atoms with van der Waals surface area (Å²) in [5.74, 6) is 0.575. The molecule has 0 unspecified atom stereocenters. The summed E-state index contributed by atoms with van der Waals surface area (Å²) in [6.07, 6.45) is 5.68. The van der Waals surface area contributed by atoms with Crippen LogP contribution in [-0.2, 0) is 10.2 Å². The molecule has 3 rings (SSSR count). The van der Waals surface area contributed by atoms with Crippen molar-refractivity contribution in [2.45, 2.75) is 75.7 Å². The fourth-order valence-electron chi connectivity index (χ4n) is 3.98. The fourth-order valence-corrected chi connectivity index (χ4v) is 3.98. The number of tetrazole rings is 1. The number of aromatic amines is 1. The Balaban J connectivity index is 1.60. The van der Waals surface area contributed by atoms with Crippen molar-refractivity contribution in [2.75, 3.05) is 0 Å². The van der Waals surface area contributed by atoms with E-state index >= 15 is 0 Å². The van der Waals surface area contributed by atoms with Gasteiger partial charge in [0.2, 0.25) is 5.91 Å². The first-order chi connectivity index (χ1) is 11.6. The summed E-state index contributed by atoms with van der Waals surface area (Å²) in [7, 11) is 0. The number of carbonyl (C=O) groups excluding carboxylic acids is 1. The molecular weight excluding hydrogens is 316 g/mol. The summed E-state index contributed by atoms with van der Waals surface area (Å²) in [6.45, 7) is 0. The molecule has 0 saturated heterocycles. The van der Waals surface area contributed by atoms with Gasteiger partial charge in [0.15, 0.2) is 5.82 Å². The predicted molar refractivity (Wildman–Crippen MR) is 83.2 cm³/mol. The zero-order chi connectivity index (χ0) is 17.0. The molecule has 0 atom stereocenters. The van der Waals surface area contributed by atoms with E-state index in [4.69, 9.17) is 0 Å². The summed E-state index contributed by atoms with van der Waals surface area (Å²) < 4.78 is 25.2. The smallest absolute Gasteiger partial charge is 0.269 e. The number of hydrogen-bond acceptors (Lipinski definition) is 4. The van der Waals surface area contributed by atoms with E-state index in [1.807, 2.05) is 0 Å². The van der Waals surface area contributed by atoms with E-state index < -0.39 is 6.08 Å². The van der Waals surface area contributed by atoms with Gasteiger partial charge in [-0.15, -0.1) is 10.2 Å². The van der Waals surface area contributed by atoms with Crippen molar-refractivity contribution in [1.29, 1.82) is 0 Å². The summed E-state index contributed by atoms with van der Waals surface area (Å²) in [5.41, 5.74) is -0.115. The third-order valence-corrected chi connectivity index (χ3v) is 5.35. The summed E-state index contributed by atoms with van der Waals surface area (Å²) in [5, 5.41) is 17.4. The number of nitrogens with one attached hydrogen (secondary N) is 2. The molecule has 2 aliphatic rings. The largest absolute Gasteiger partial charge is 0.353 e. The van der Waals surface area contributed by atoms with Crippen LogP contribution in [0.5, 0.6) is 0 Å². The van der Waals surface area contributed by atoms with Crippen LogP contribution in [0.1, 0.15) is 70.0 Å². The van der Waals surface area contributed by atoms with Crippen molar-refractivity contribution >= 4 is 5.91 Å². The zero-order valence-corrected chi connectivity index (χ0v) is 13.7. The van der Waals surface area contributed by atoms with Crippen LogP contribution in [0.15, 0.2) is 11.7 Å². The standard InChI is InChI=1S/C16H23F2N5O/c17-14(18)11-4-6-12(7-5-11)19-13(24)10-16(8-2-1-3-9-16)15-20-22-23-21-15/h12H,1-10H2,(H,19,24)(H,20,21,22,23). The molecule has 2 fully saturated rings. The Kier molecular flexibility index (Phi) is 5.20. The molecule has 2 aliphatic carbocycles. The highest BCUT2D eigenvalue weighted by Crippen LogP contribution is 2.40. The van der Waals surface area contributed by atoms with Gasteiger partial charge < -0.3 is 5.32 Å². The monoisotopic (exact) mass is 339 g/mol. The minimum atomic E-state index is -1.56. The van der Waals surface area contributed by atoms with Crippen LogP contribution in [0, 0.1) is 0 Å². The molecule has 2 N–H and O–H groups in total. The molecule has 6 nitrogen and oxygen atoms in total. The van der Waals surface area contributed by atoms with Gasteiger partial charge in [0.25, 0.3) is 6.08 Å². The number of hydrogen-bond donors (Lipinski definition) is 2. The number of rotatable bonds is 4. The summed E-state index contributed by atoms with van der Waals surface area (Å²) in [4.78, 5) is 12.5. The molecule has 8 heteroatoms. The van der Waals surface area contributed by atoms with Crippen LogP contribution in [0.25, 0.3) is 0 Å². The SMILES string of the molecule is O=C(CC1(c2nn[nH]n2)CCCCC1)NC1CCC(=C(F)F)CC1. The van der Waals surface area contributed by atoms with E-state index in [0.717, 1.165) is 32.1 Å². The van der Waals surface area contributed by atoms with Crippen molar-refractivity contribution < 1.29 is 13.6 Å². The predicted octanol–water partition coefficient (Wildman–Crippen LogP) is 3.00. The first-order valence-electron chi connectivity index (χ1n) is 8.65. The zero-order valence-electron chi connectivity index (χ0n) is 13.7. The molecule has 24 heavy (non-hydrogen) atoms. The van der Waals surface area contributed by atoms with Crippen LogP contribution >= 0.6 is 0 Å². The summed E-state index contributed by atoms with van der Waals surface area (Å²) in [6, 6.07) is -0.0218. The minimum Gasteiger partial charge on any atom is -0.353 e. The fraction of sp³-hybridized carbons (Fsp3) is 0.750. The topological polar surface area (TPSA) is 83.6 Å². The lowest BCUT2D eigenvalue weighted by atomic mass is 9.71. The third-order valence-electron chi connectivity index (χ3n) is 5.35. The Morgan fingerprint density at radius 2 is 1.92 bits per heavy atom. The maximum atomic E-state index is 12.6. The van der Waals surface area contributed by atoms with Gasteiger partial charge in [0, 0.05) is 17.9 Å². The second-order valence-corrected chi connectivity index (χ2v) is 6.96. The quantitative estimate of drug-likeness (QED) is 0.883. The number of allylic oxidation sites excluding steroid dienone is 1. The molecule has 132 valence electrons. The second kappa shape index (κ2) is 7.36. The first-order valence-corrected chi connectivity index (χ1v) is 8.65. The number of amides is 1. The van der Waals surface area contributed by atoms with E-state index in [1.165, 1.54) is 0 Å². The lowest BCUT2D eigenvalue weighted by molar-refractivity contribution is -0.123. The molecule has 0 spiro atoms. The Bertz CT molecular complexity index is 582. The van der Waals surface area contributed by atoms with Crippen LogP contribution in [0.4, 0.5) is 8.78 Å². The van der Waals surface area contributed by atoms with Gasteiger partial charge in [-0.25, -0.2) is 0 Å². The Labute approximate surface area is 139 Å². The average molecular weight is 339 g/mol. The molecule has 0 aromatic carbocycles. The van der Waals surface area contributed by atoms with E-state index in [9.17, 15) is 13.6 Å². The van der Waals surface area contributed by atoms with Crippen molar-refractivity contribution in [3.8, 4) is 0 Å². The Hall–Kier alpha value is -1.86. The highest BCUT2D eigenvalue weighted by Gasteiger charge is 2.40. The Morgan fingerprint density at radius 3 is 2.50 bits per heavy atom. The first kappa shape index (κ1) is 17.0. The van der Waals surface area contributed by atoms with E-state index in [2.05, 4.69) is 25.9 Å².